The van der Waals surface area contributed by atoms with E-state index in [-0.39, 0.29) is 17.1 Å². The van der Waals surface area contributed by atoms with Gasteiger partial charge in [-0.05, 0) is 23.3 Å². The van der Waals surface area contributed by atoms with E-state index in [1.165, 1.54) is 0 Å². The first-order valence-electron chi connectivity index (χ1n) is 6.93. The van der Waals surface area contributed by atoms with Crippen LogP contribution in [0.1, 0.15) is 37.5 Å². The van der Waals surface area contributed by atoms with E-state index in [9.17, 15) is 10.1 Å². The SMILES string of the molecule is CC1(C)CC(=O)C2=C(C1)NC(=S)[C@H](C#N)[C@H]2c1cccs1. The summed E-state index contributed by atoms with van der Waals surface area (Å²) < 4.78 is 0. The summed E-state index contributed by atoms with van der Waals surface area (Å²) in [7, 11) is 0. The van der Waals surface area contributed by atoms with Gasteiger partial charge in [-0.15, -0.1) is 11.3 Å². The Bertz CT molecular complexity index is 680. The van der Waals surface area contributed by atoms with Gasteiger partial charge in [0, 0.05) is 28.5 Å². The molecule has 1 aliphatic carbocycles. The molecule has 1 N–H and O–H groups in total. The van der Waals surface area contributed by atoms with Crippen LogP contribution in [0.25, 0.3) is 0 Å². The van der Waals surface area contributed by atoms with E-state index in [1.807, 2.05) is 17.5 Å². The quantitative estimate of drug-likeness (QED) is 0.805. The zero-order chi connectivity index (χ0) is 15.2. The van der Waals surface area contributed by atoms with E-state index in [0.29, 0.717) is 11.4 Å². The molecule has 1 aliphatic heterocycles. The van der Waals surface area contributed by atoms with Gasteiger partial charge in [-0.1, -0.05) is 32.1 Å². The number of thiophene rings is 1. The molecule has 0 amide bonds. The fourth-order valence-electron chi connectivity index (χ4n) is 3.26. The Labute approximate surface area is 133 Å². The van der Waals surface area contributed by atoms with Crippen LogP contribution >= 0.6 is 23.6 Å². The van der Waals surface area contributed by atoms with E-state index in [2.05, 4.69) is 25.2 Å². The van der Waals surface area contributed by atoms with Gasteiger partial charge in [0.25, 0.3) is 0 Å². The Balaban J connectivity index is 2.16. The highest BCUT2D eigenvalue weighted by Gasteiger charge is 2.44. The molecule has 1 aromatic rings. The van der Waals surface area contributed by atoms with Crippen molar-refractivity contribution in [2.75, 3.05) is 0 Å². The van der Waals surface area contributed by atoms with E-state index >= 15 is 0 Å². The number of allylic oxidation sites excluding steroid dienone is 2. The van der Waals surface area contributed by atoms with Crippen molar-refractivity contribution in [3.8, 4) is 6.07 Å². The average Bonchev–Trinajstić information content (AvgIpc) is 2.88. The maximum absolute atomic E-state index is 12.7. The molecule has 5 heteroatoms. The molecule has 0 saturated carbocycles. The topological polar surface area (TPSA) is 52.9 Å². The summed E-state index contributed by atoms with van der Waals surface area (Å²) in [6.45, 7) is 4.19. The monoisotopic (exact) mass is 316 g/mol. The van der Waals surface area contributed by atoms with Crippen molar-refractivity contribution in [3.05, 3.63) is 33.7 Å². The fourth-order valence-corrected chi connectivity index (χ4v) is 4.44. The molecule has 3 rings (SSSR count). The number of rotatable bonds is 1. The number of nitrogens with one attached hydrogen (secondary N) is 1. The molecule has 2 heterocycles. The summed E-state index contributed by atoms with van der Waals surface area (Å²) in [4.78, 5) is 14.3. The molecule has 0 saturated heterocycles. The van der Waals surface area contributed by atoms with Gasteiger partial charge in [-0.2, -0.15) is 5.26 Å². The molecule has 0 aromatic carbocycles. The lowest BCUT2D eigenvalue weighted by Crippen LogP contribution is -2.44. The maximum atomic E-state index is 12.7. The van der Waals surface area contributed by atoms with Gasteiger partial charge in [0.1, 0.15) is 5.92 Å². The van der Waals surface area contributed by atoms with Crippen LogP contribution in [0, 0.1) is 22.7 Å². The van der Waals surface area contributed by atoms with Crippen molar-refractivity contribution in [1.82, 2.24) is 5.32 Å². The van der Waals surface area contributed by atoms with Crippen molar-refractivity contribution in [3.63, 3.8) is 0 Å². The second kappa shape index (κ2) is 5.04. The lowest BCUT2D eigenvalue weighted by molar-refractivity contribution is -0.118. The van der Waals surface area contributed by atoms with Gasteiger partial charge in [-0.3, -0.25) is 4.79 Å². The molecule has 2 atom stereocenters. The van der Waals surface area contributed by atoms with Crippen molar-refractivity contribution in [2.24, 2.45) is 11.3 Å². The number of nitrogens with zero attached hydrogens (tertiary/aromatic N) is 1. The van der Waals surface area contributed by atoms with Crippen molar-refractivity contribution >= 4 is 34.3 Å². The third-order valence-electron chi connectivity index (χ3n) is 4.11. The van der Waals surface area contributed by atoms with E-state index in [1.54, 1.807) is 11.3 Å². The summed E-state index contributed by atoms with van der Waals surface area (Å²) >= 11 is 6.97. The van der Waals surface area contributed by atoms with Gasteiger partial charge in [0.05, 0.1) is 11.1 Å². The molecule has 1 aromatic heterocycles. The lowest BCUT2D eigenvalue weighted by Gasteiger charge is -2.40. The summed E-state index contributed by atoms with van der Waals surface area (Å²) in [5.74, 6) is -0.514. The standard InChI is InChI=1S/C16H16N2OS2/c1-16(2)6-10-14(11(19)7-16)13(12-4-3-5-21-12)9(8-17)15(20)18-10/h3-5,9,13H,6-7H2,1-2H3,(H,18,20)/t9-,13+/m1/s1. The number of carbonyl (C=O) groups is 1. The minimum Gasteiger partial charge on any atom is -0.352 e. The largest absolute Gasteiger partial charge is 0.352 e. The van der Waals surface area contributed by atoms with Gasteiger partial charge in [-0.25, -0.2) is 0 Å². The van der Waals surface area contributed by atoms with Crippen LogP contribution in [0.4, 0.5) is 0 Å². The number of thiocarbonyl (C=S) groups is 1. The van der Waals surface area contributed by atoms with Crippen LogP contribution in [-0.4, -0.2) is 10.8 Å². The average molecular weight is 316 g/mol. The number of carbonyl (C=O) groups excluding carboxylic acids is 1. The Kier molecular flexibility index (Phi) is 3.46. The first-order valence-corrected chi connectivity index (χ1v) is 8.22. The van der Waals surface area contributed by atoms with Crippen LogP contribution in [-0.2, 0) is 4.79 Å². The van der Waals surface area contributed by atoms with E-state index in [0.717, 1.165) is 22.6 Å². The molecule has 21 heavy (non-hydrogen) atoms. The zero-order valence-electron chi connectivity index (χ0n) is 12.0. The van der Waals surface area contributed by atoms with Crippen LogP contribution < -0.4 is 5.32 Å². The van der Waals surface area contributed by atoms with Crippen LogP contribution in [0.3, 0.4) is 0 Å². The third-order valence-corrected chi connectivity index (χ3v) is 5.42. The minimum absolute atomic E-state index is 0.0575. The maximum Gasteiger partial charge on any atom is 0.161 e. The smallest absolute Gasteiger partial charge is 0.161 e. The summed E-state index contributed by atoms with van der Waals surface area (Å²) in [6.07, 6.45) is 1.33. The van der Waals surface area contributed by atoms with Gasteiger partial charge >= 0.3 is 0 Å². The van der Waals surface area contributed by atoms with Crippen molar-refractivity contribution in [2.45, 2.75) is 32.6 Å². The molecule has 0 unspecified atom stereocenters. The van der Waals surface area contributed by atoms with Gasteiger partial charge < -0.3 is 5.32 Å². The number of Topliss-reactive ketones (excluding diaryl/α,β-unsaturated/α-hetero) is 1. The van der Waals surface area contributed by atoms with E-state index < -0.39 is 5.92 Å². The highest BCUT2D eigenvalue weighted by molar-refractivity contribution is 7.80. The zero-order valence-corrected chi connectivity index (χ0v) is 13.6. The Morgan fingerprint density at radius 1 is 1.48 bits per heavy atom. The van der Waals surface area contributed by atoms with Crippen molar-refractivity contribution < 1.29 is 4.79 Å². The summed E-state index contributed by atoms with van der Waals surface area (Å²) in [5, 5.41) is 14.7. The molecular weight excluding hydrogens is 300 g/mol. The number of ketones is 1. The second-order valence-electron chi connectivity index (χ2n) is 6.42. The normalized spacial score (nSPS) is 27.9. The lowest BCUT2D eigenvalue weighted by atomic mass is 9.69. The highest BCUT2D eigenvalue weighted by atomic mass is 32.1. The van der Waals surface area contributed by atoms with Gasteiger partial charge in [0.15, 0.2) is 5.78 Å². The highest BCUT2D eigenvalue weighted by Crippen LogP contribution is 2.46. The minimum atomic E-state index is -0.456. The first kappa shape index (κ1) is 14.4. The number of hydrogen-bond donors (Lipinski definition) is 1. The first-order chi connectivity index (χ1) is 9.93. The molecular formula is C16H16N2OS2. The number of hydrogen-bond acceptors (Lipinski definition) is 4. The Morgan fingerprint density at radius 2 is 2.24 bits per heavy atom. The third kappa shape index (κ3) is 2.43. The Hall–Kier alpha value is -1.51. The molecule has 2 aliphatic rings. The van der Waals surface area contributed by atoms with Crippen molar-refractivity contribution in [1.29, 1.82) is 5.26 Å². The van der Waals surface area contributed by atoms with Crippen LogP contribution in [0.2, 0.25) is 0 Å². The molecule has 0 bridgehead atoms. The predicted octanol–water partition coefficient (Wildman–Crippen LogP) is 3.55. The molecule has 0 spiro atoms. The van der Waals surface area contributed by atoms with E-state index in [4.69, 9.17) is 12.2 Å². The summed E-state index contributed by atoms with van der Waals surface area (Å²) in [6, 6.07) is 6.23. The van der Waals surface area contributed by atoms with Crippen LogP contribution in [0.15, 0.2) is 28.8 Å². The van der Waals surface area contributed by atoms with Crippen LogP contribution in [0.5, 0.6) is 0 Å². The number of nitriles is 1. The Morgan fingerprint density at radius 3 is 2.86 bits per heavy atom. The summed E-state index contributed by atoms with van der Waals surface area (Å²) in [5.41, 5.74) is 1.64. The predicted molar refractivity (Wildman–Crippen MR) is 86.9 cm³/mol. The second-order valence-corrected chi connectivity index (χ2v) is 7.84. The molecule has 0 fully saturated rings. The molecule has 108 valence electrons. The fraction of sp³-hybridized carbons (Fsp3) is 0.438. The van der Waals surface area contributed by atoms with Gasteiger partial charge in [0.2, 0.25) is 0 Å². The molecule has 3 nitrogen and oxygen atoms in total. The molecule has 0 radical (unpaired) electrons.